The van der Waals surface area contributed by atoms with Gasteiger partial charge in [0.15, 0.2) is 0 Å². The zero-order valence-electron chi connectivity index (χ0n) is 15.1. The minimum Gasteiger partial charge on any atom is -0.361 e. The predicted molar refractivity (Wildman–Crippen MR) is 97.5 cm³/mol. The summed E-state index contributed by atoms with van der Waals surface area (Å²) in [7, 11) is 0. The van der Waals surface area contributed by atoms with Crippen molar-refractivity contribution >= 4 is 10.9 Å². The molecule has 0 unspecified atom stereocenters. The molecule has 1 aromatic carbocycles. The summed E-state index contributed by atoms with van der Waals surface area (Å²) in [5.74, 6) is 0.823. The topological polar surface area (TPSA) is 70.0 Å². The summed E-state index contributed by atoms with van der Waals surface area (Å²) in [5.41, 5.74) is 4.20. The van der Waals surface area contributed by atoms with Gasteiger partial charge in [-0.3, -0.25) is 10.00 Å². The zero-order chi connectivity index (χ0) is 18.1. The molecule has 0 saturated carbocycles. The molecule has 7 heteroatoms. The highest BCUT2D eigenvalue weighted by Crippen LogP contribution is 2.25. The molecule has 0 amide bonds. The Hall–Kier alpha value is -2.25. The number of fused-ring (bicyclic) bond motifs is 1. The minimum atomic E-state index is -0.774. The second-order valence-electron chi connectivity index (χ2n) is 7.14. The van der Waals surface area contributed by atoms with E-state index in [1.54, 1.807) is 0 Å². The first-order valence-corrected chi connectivity index (χ1v) is 9.02. The van der Waals surface area contributed by atoms with E-state index >= 15 is 0 Å². The van der Waals surface area contributed by atoms with Crippen molar-refractivity contribution in [2.75, 3.05) is 13.1 Å². The Bertz CT molecular complexity index is 870. The Labute approximate surface area is 151 Å². The molecule has 2 atom stereocenters. The molecule has 4 rings (SSSR count). The van der Waals surface area contributed by atoms with Crippen LogP contribution in [0, 0.1) is 13.8 Å². The number of aromatic nitrogens is 3. The summed E-state index contributed by atoms with van der Waals surface area (Å²) in [6, 6.07) is 6.43. The molecule has 0 radical (unpaired) electrons. The molecule has 6 nitrogen and oxygen atoms in total. The lowest BCUT2D eigenvalue weighted by Gasteiger charge is -2.24. The molecule has 1 aliphatic heterocycles. The Balaban J connectivity index is 1.36. The Morgan fingerprint density at radius 3 is 3.08 bits per heavy atom. The fraction of sp³-hybridized carbons (Fsp3) is 0.474. The summed E-state index contributed by atoms with van der Waals surface area (Å²) < 4.78 is 19.3. The predicted octanol–water partition coefficient (Wildman–Crippen LogP) is 2.87. The number of hydrogen-bond acceptors (Lipinski definition) is 5. The summed E-state index contributed by atoms with van der Waals surface area (Å²) >= 11 is 0. The third-order valence-electron chi connectivity index (χ3n) is 5.23. The second-order valence-corrected chi connectivity index (χ2v) is 7.14. The van der Waals surface area contributed by atoms with Crippen LogP contribution in [0.2, 0.25) is 0 Å². The fourth-order valence-electron chi connectivity index (χ4n) is 3.74. The maximum atomic E-state index is 14.0. The van der Waals surface area contributed by atoms with E-state index in [-0.39, 0.29) is 6.04 Å². The maximum absolute atomic E-state index is 14.0. The lowest BCUT2D eigenvalue weighted by Crippen LogP contribution is -2.37. The van der Waals surface area contributed by atoms with Crippen molar-refractivity contribution in [1.29, 1.82) is 0 Å². The molecule has 0 bridgehead atoms. The highest BCUT2D eigenvalue weighted by Gasteiger charge is 2.32. The first-order valence-electron chi connectivity index (χ1n) is 9.02. The number of likely N-dealkylation sites (tertiary alicyclic amines) is 1. The van der Waals surface area contributed by atoms with Crippen molar-refractivity contribution in [3.63, 3.8) is 0 Å². The molecule has 3 aromatic rings. The van der Waals surface area contributed by atoms with Crippen LogP contribution in [0.25, 0.3) is 10.9 Å². The number of hydrogen-bond donors (Lipinski definition) is 2. The lowest BCUT2D eigenvalue weighted by molar-refractivity contribution is 0.228. The first kappa shape index (κ1) is 17.2. The molecule has 0 aliphatic carbocycles. The van der Waals surface area contributed by atoms with E-state index in [4.69, 9.17) is 4.52 Å². The van der Waals surface area contributed by atoms with E-state index in [0.29, 0.717) is 19.5 Å². The fourth-order valence-corrected chi connectivity index (χ4v) is 3.74. The maximum Gasteiger partial charge on any atom is 0.138 e. The van der Waals surface area contributed by atoms with Crippen LogP contribution < -0.4 is 5.32 Å². The molecule has 2 aromatic heterocycles. The van der Waals surface area contributed by atoms with Gasteiger partial charge in [0.2, 0.25) is 0 Å². The molecule has 26 heavy (non-hydrogen) atoms. The van der Waals surface area contributed by atoms with Crippen LogP contribution in [0.15, 0.2) is 28.9 Å². The van der Waals surface area contributed by atoms with Crippen LogP contribution >= 0.6 is 0 Å². The van der Waals surface area contributed by atoms with Crippen LogP contribution in [0.4, 0.5) is 4.39 Å². The van der Waals surface area contributed by atoms with Gasteiger partial charge in [-0.1, -0.05) is 17.3 Å². The van der Waals surface area contributed by atoms with E-state index in [1.807, 2.05) is 20.0 Å². The normalized spacial score (nSPS) is 21.0. The Morgan fingerprint density at radius 1 is 1.38 bits per heavy atom. The number of aromatic amines is 1. The van der Waals surface area contributed by atoms with Crippen molar-refractivity contribution in [3.05, 3.63) is 47.0 Å². The van der Waals surface area contributed by atoms with Crippen molar-refractivity contribution in [2.24, 2.45) is 0 Å². The van der Waals surface area contributed by atoms with Gasteiger partial charge in [-0.15, -0.1) is 0 Å². The van der Waals surface area contributed by atoms with Gasteiger partial charge < -0.3 is 9.84 Å². The highest BCUT2D eigenvalue weighted by atomic mass is 19.1. The minimum absolute atomic E-state index is 0.176. The van der Waals surface area contributed by atoms with Crippen molar-refractivity contribution < 1.29 is 8.91 Å². The number of alkyl halides is 1. The van der Waals surface area contributed by atoms with Crippen molar-refractivity contribution in [2.45, 2.75) is 45.6 Å². The van der Waals surface area contributed by atoms with Crippen LogP contribution in [-0.4, -0.2) is 45.6 Å². The third-order valence-corrected chi connectivity index (χ3v) is 5.23. The van der Waals surface area contributed by atoms with Crippen LogP contribution in [0.5, 0.6) is 0 Å². The number of nitrogens with zero attached hydrogens (tertiary/aromatic N) is 3. The molecule has 1 aliphatic rings. The standard InChI is InChI=1S/C19H24FN5O/c1-12-18(13(2)26-24-12)11-25-10-16(20)6-17(25)9-21-7-14-3-4-15-8-22-23-19(15)5-14/h3-5,8,16-17,21H,6-7,9-11H2,1-2H3,(H,22,23)/t16-,17-/m0/s1. The quantitative estimate of drug-likeness (QED) is 0.710. The van der Waals surface area contributed by atoms with Crippen molar-refractivity contribution in [1.82, 2.24) is 25.6 Å². The molecule has 2 N–H and O–H groups in total. The SMILES string of the molecule is Cc1noc(C)c1CN1C[C@@H](F)C[C@H]1CNCc1ccc2cn[nH]c2c1. The molecular formula is C19H24FN5O. The average molecular weight is 357 g/mol. The van der Waals surface area contributed by atoms with Crippen LogP contribution in [-0.2, 0) is 13.1 Å². The Kier molecular flexibility index (Phi) is 4.74. The van der Waals surface area contributed by atoms with Crippen LogP contribution in [0.1, 0.15) is 29.0 Å². The second kappa shape index (κ2) is 7.17. The first-order chi connectivity index (χ1) is 12.6. The number of rotatable bonds is 6. The molecule has 3 heterocycles. The number of nitrogens with one attached hydrogen (secondary N) is 2. The Morgan fingerprint density at radius 2 is 2.27 bits per heavy atom. The van der Waals surface area contributed by atoms with Gasteiger partial charge in [0, 0.05) is 43.2 Å². The number of aryl methyl sites for hydroxylation is 2. The van der Waals surface area contributed by atoms with E-state index < -0.39 is 6.17 Å². The average Bonchev–Trinajstić information content (AvgIpc) is 3.30. The largest absolute Gasteiger partial charge is 0.361 e. The van der Waals surface area contributed by atoms with Gasteiger partial charge in [-0.2, -0.15) is 5.10 Å². The molecular weight excluding hydrogens is 333 g/mol. The van der Waals surface area contributed by atoms with Crippen molar-refractivity contribution in [3.8, 4) is 0 Å². The summed E-state index contributed by atoms with van der Waals surface area (Å²) in [5, 5.41) is 15.6. The van der Waals surface area contributed by atoms with E-state index in [0.717, 1.165) is 41.0 Å². The van der Waals surface area contributed by atoms with E-state index in [2.05, 4.69) is 43.8 Å². The summed E-state index contributed by atoms with van der Waals surface area (Å²) in [6.07, 6.45) is 1.61. The summed E-state index contributed by atoms with van der Waals surface area (Å²) in [4.78, 5) is 2.20. The molecule has 0 spiro atoms. The third kappa shape index (κ3) is 3.50. The zero-order valence-corrected chi connectivity index (χ0v) is 15.1. The molecule has 1 saturated heterocycles. The van der Waals surface area contributed by atoms with E-state index in [1.165, 1.54) is 5.56 Å². The van der Waals surface area contributed by atoms with E-state index in [9.17, 15) is 4.39 Å². The van der Waals surface area contributed by atoms with Gasteiger partial charge in [-0.25, -0.2) is 4.39 Å². The van der Waals surface area contributed by atoms with Gasteiger partial charge in [0.05, 0.1) is 17.4 Å². The highest BCUT2D eigenvalue weighted by molar-refractivity contribution is 5.78. The van der Waals surface area contributed by atoms with Gasteiger partial charge in [0.1, 0.15) is 11.9 Å². The number of benzene rings is 1. The molecule has 138 valence electrons. The van der Waals surface area contributed by atoms with Gasteiger partial charge >= 0.3 is 0 Å². The van der Waals surface area contributed by atoms with Gasteiger partial charge in [-0.05, 0) is 31.9 Å². The molecule has 1 fully saturated rings. The number of H-pyrrole nitrogens is 1. The smallest absolute Gasteiger partial charge is 0.138 e. The lowest BCUT2D eigenvalue weighted by atomic mass is 10.1. The van der Waals surface area contributed by atoms with Gasteiger partial charge in [0.25, 0.3) is 0 Å². The summed E-state index contributed by atoms with van der Waals surface area (Å²) in [6.45, 7) is 6.52. The number of halogens is 1. The monoisotopic (exact) mass is 357 g/mol. The van der Waals surface area contributed by atoms with Crippen LogP contribution in [0.3, 0.4) is 0 Å².